The topological polar surface area (TPSA) is 83.5 Å². The number of thiazole rings is 1. The van der Waals surface area contributed by atoms with Crippen molar-refractivity contribution in [1.82, 2.24) is 15.6 Å². The molecule has 0 unspecified atom stereocenters. The maximum atomic E-state index is 12.2. The van der Waals surface area contributed by atoms with Gasteiger partial charge in [0.25, 0.3) is 0 Å². The predicted octanol–water partition coefficient (Wildman–Crippen LogP) is 2.80. The molecule has 0 spiro atoms. The Morgan fingerprint density at radius 1 is 1.23 bits per heavy atom. The van der Waals surface area contributed by atoms with E-state index in [-0.39, 0.29) is 5.75 Å². The van der Waals surface area contributed by atoms with Crippen molar-refractivity contribution >= 4 is 27.1 Å². The lowest BCUT2D eigenvalue weighted by atomic mass is 10.2. The maximum Gasteiger partial charge on any atom is 0.191 e. The first-order valence-corrected chi connectivity index (χ1v) is 11.1. The summed E-state index contributed by atoms with van der Waals surface area (Å²) in [4.78, 5) is 9.10. The van der Waals surface area contributed by atoms with Gasteiger partial charge < -0.3 is 10.6 Å². The maximum absolute atomic E-state index is 12.2. The summed E-state index contributed by atoms with van der Waals surface area (Å²) in [6.45, 7) is 5.37. The van der Waals surface area contributed by atoms with Gasteiger partial charge in [0, 0.05) is 19.0 Å². The Balaban J connectivity index is 1.75. The molecule has 0 amide bonds. The van der Waals surface area contributed by atoms with Crippen LogP contribution < -0.4 is 10.6 Å². The molecule has 0 saturated carbocycles. The molecule has 0 bridgehead atoms. The van der Waals surface area contributed by atoms with E-state index >= 15 is 0 Å². The average Bonchev–Trinajstić information content (AvgIpc) is 3.11. The zero-order valence-corrected chi connectivity index (χ0v) is 17.0. The summed E-state index contributed by atoms with van der Waals surface area (Å²) in [7, 11) is -1.54. The zero-order valence-electron chi connectivity index (χ0n) is 15.4. The third-order valence-electron chi connectivity index (χ3n) is 3.78. The van der Waals surface area contributed by atoms with Crippen LogP contribution in [0.1, 0.15) is 36.9 Å². The average molecular weight is 395 g/mol. The summed E-state index contributed by atoms with van der Waals surface area (Å²) < 4.78 is 24.5. The van der Waals surface area contributed by atoms with Crippen molar-refractivity contribution in [3.05, 3.63) is 46.4 Å². The lowest BCUT2D eigenvalue weighted by Crippen LogP contribution is -2.37. The largest absolute Gasteiger partial charge is 0.356 e. The predicted molar refractivity (Wildman–Crippen MR) is 108 cm³/mol. The highest BCUT2D eigenvalue weighted by Crippen LogP contribution is 2.17. The van der Waals surface area contributed by atoms with E-state index in [2.05, 4.69) is 39.8 Å². The van der Waals surface area contributed by atoms with Crippen molar-refractivity contribution in [2.45, 2.75) is 37.6 Å². The Hall–Kier alpha value is -1.93. The van der Waals surface area contributed by atoms with Gasteiger partial charge in [-0.3, -0.25) is 4.99 Å². The van der Waals surface area contributed by atoms with E-state index in [0.717, 1.165) is 10.7 Å². The van der Waals surface area contributed by atoms with E-state index in [1.807, 2.05) is 6.07 Å². The molecule has 26 heavy (non-hydrogen) atoms. The van der Waals surface area contributed by atoms with Crippen LogP contribution in [0.15, 0.2) is 45.6 Å². The molecule has 0 saturated heterocycles. The van der Waals surface area contributed by atoms with Crippen LogP contribution in [0.25, 0.3) is 0 Å². The van der Waals surface area contributed by atoms with Gasteiger partial charge in [0.05, 0.1) is 22.9 Å². The lowest BCUT2D eigenvalue weighted by molar-refractivity contribution is 0.592. The first kappa shape index (κ1) is 20.4. The minimum Gasteiger partial charge on any atom is -0.356 e. The molecule has 1 heterocycles. The van der Waals surface area contributed by atoms with Crippen LogP contribution in [0.4, 0.5) is 0 Å². The summed E-state index contributed by atoms with van der Waals surface area (Å²) in [6.07, 6.45) is 0.507. The number of sulfone groups is 1. The fourth-order valence-corrected chi connectivity index (χ4v) is 4.49. The summed E-state index contributed by atoms with van der Waals surface area (Å²) in [6, 6.07) is 8.54. The number of hydrogen-bond donors (Lipinski definition) is 2. The summed E-state index contributed by atoms with van der Waals surface area (Å²) in [5.74, 6) is 1.16. The van der Waals surface area contributed by atoms with Crippen LogP contribution in [0.3, 0.4) is 0 Å². The fourth-order valence-electron chi connectivity index (χ4n) is 2.27. The van der Waals surface area contributed by atoms with Crippen molar-refractivity contribution in [1.29, 1.82) is 0 Å². The number of rotatable bonds is 8. The number of guanidine groups is 1. The van der Waals surface area contributed by atoms with Crippen molar-refractivity contribution in [3.8, 4) is 0 Å². The summed E-state index contributed by atoms with van der Waals surface area (Å²) in [5.41, 5.74) is 1.10. The van der Waals surface area contributed by atoms with Gasteiger partial charge in [0.15, 0.2) is 15.8 Å². The van der Waals surface area contributed by atoms with Gasteiger partial charge in [-0.15, -0.1) is 11.3 Å². The minimum absolute atomic E-state index is 0.102. The summed E-state index contributed by atoms with van der Waals surface area (Å²) in [5, 5.41) is 9.43. The minimum atomic E-state index is -3.23. The molecule has 0 aliphatic heterocycles. The lowest BCUT2D eigenvalue weighted by Gasteiger charge is -2.11. The highest BCUT2D eigenvalue weighted by atomic mass is 32.2. The normalized spacial score (nSPS) is 12.4. The van der Waals surface area contributed by atoms with E-state index in [4.69, 9.17) is 0 Å². The smallest absolute Gasteiger partial charge is 0.191 e. The van der Waals surface area contributed by atoms with Crippen molar-refractivity contribution in [2.75, 3.05) is 19.3 Å². The molecular formula is C18H26N4O2S2. The third kappa shape index (κ3) is 6.10. The van der Waals surface area contributed by atoms with Gasteiger partial charge in [-0.05, 0) is 24.5 Å². The van der Waals surface area contributed by atoms with E-state index in [1.165, 1.54) is 0 Å². The number of aromatic nitrogens is 1. The number of aliphatic imine (C=N–C) groups is 1. The van der Waals surface area contributed by atoms with Gasteiger partial charge >= 0.3 is 0 Å². The Kier molecular flexibility index (Phi) is 7.59. The molecule has 2 rings (SSSR count). The second-order valence-electron chi connectivity index (χ2n) is 6.16. The number of benzene rings is 1. The molecule has 0 radical (unpaired) electrons. The SMILES string of the molecule is CN=C(NCCCS(=O)(=O)c1ccccc1)NCc1nc(C(C)C)cs1. The van der Waals surface area contributed by atoms with Crippen LogP contribution in [0.2, 0.25) is 0 Å². The third-order valence-corrected chi connectivity index (χ3v) is 6.46. The quantitative estimate of drug-likeness (QED) is 0.409. The van der Waals surface area contributed by atoms with E-state index < -0.39 is 9.84 Å². The van der Waals surface area contributed by atoms with Gasteiger partial charge in [0.2, 0.25) is 0 Å². The Morgan fingerprint density at radius 3 is 2.58 bits per heavy atom. The van der Waals surface area contributed by atoms with Crippen molar-refractivity contribution in [2.24, 2.45) is 4.99 Å². The summed E-state index contributed by atoms with van der Waals surface area (Å²) >= 11 is 1.62. The highest BCUT2D eigenvalue weighted by molar-refractivity contribution is 7.91. The Bertz CT molecular complexity index is 815. The number of hydrogen-bond acceptors (Lipinski definition) is 5. The van der Waals surface area contributed by atoms with Gasteiger partial charge in [-0.2, -0.15) is 0 Å². The van der Waals surface area contributed by atoms with Gasteiger partial charge in [0.1, 0.15) is 5.01 Å². The molecule has 0 atom stereocenters. The van der Waals surface area contributed by atoms with Crippen molar-refractivity contribution < 1.29 is 8.42 Å². The molecule has 0 aliphatic rings. The molecule has 1 aromatic heterocycles. The Morgan fingerprint density at radius 2 is 1.96 bits per heavy atom. The van der Waals surface area contributed by atoms with Crippen LogP contribution >= 0.6 is 11.3 Å². The molecule has 6 nitrogen and oxygen atoms in total. The second-order valence-corrected chi connectivity index (χ2v) is 9.21. The van der Waals surface area contributed by atoms with E-state index in [9.17, 15) is 8.42 Å². The molecule has 0 aliphatic carbocycles. The molecule has 0 fully saturated rings. The van der Waals surface area contributed by atoms with Crippen LogP contribution in [-0.4, -0.2) is 38.7 Å². The van der Waals surface area contributed by atoms with Gasteiger partial charge in [-0.25, -0.2) is 13.4 Å². The van der Waals surface area contributed by atoms with E-state index in [0.29, 0.717) is 36.3 Å². The van der Waals surface area contributed by atoms with Crippen LogP contribution in [0, 0.1) is 0 Å². The standard InChI is InChI=1S/C18H26N4O2S2/c1-14(2)16-13-25-17(22-16)12-21-18(19-3)20-10-7-11-26(23,24)15-8-5-4-6-9-15/h4-6,8-9,13-14H,7,10-12H2,1-3H3,(H2,19,20,21). The first-order valence-electron chi connectivity index (χ1n) is 8.59. The molecule has 2 N–H and O–H groups in total. The molecule has 8 heteroatoms. The number of nitrogens with zero attached hydrogens (tertiary/aromatic N) is 2. The second kappa shape index (κ2) is 9.68. The van der Waals surface area contributed by atoms with E-state index in [1.54, 1.807) is 42.6 Å². The monoisotopic (exact) mass is 394 g/mol. The van der Waals surface area contributed by atoms with Crippen molar-refractivity contribution in [3.63, 3.8) is 0 Å². The zero-order chi connectivity index (χ0) is 19.0. The number of nitrogens with one attached hydrogen (secondary N) is 2. The van der Waals surface area contributed by atoms with Crippen LogP contribution in [0.5, 0.6) is 0 Å². The Labute approximate surface area is 159 Å². The highest BCUT2D eigenvalue weighted by Gasteiger charge is 2.13. The molecular weight excluding hydrogens is 368 g/mol. The molecule has 142 valence electrons. The fraction of sp³-hybridized carbons (Fsp3) is 0.444. The first-order chi connectivity index (χ1) is 12.4. The molecule has 2 aromatic rings. The van der Waals surface area contributed by atoms with Crippen LogP contribution in [-0.2, 0) is 16.4 Å². The van der Waals surface area contributed by atoms with Gasteiger partial charge in [-0.1, -0.05) is 32.0 Å². The molecule has 1 aromatic carbocycles.